The summed E-state index contributed by atoms with van der Waals surface area (Å²) in [5.41, 5.74) is 4.38. The first-order chi connectivity index (χ1) is 13.6. The molecule has 2 aromatic rings. The van der Waals surface area contributed by atoms with Crippen molar-refractivity contribution in [3.8, 4) is 5.75 Å². The van der Waals surface area contributed by atoms with E-state index in [0.29, 0.717) is 17.3 Å². The van der Waals surface area contributed by atoms with Crippen LogP contribution in [0.15, 0.2) is 46.2 Å². The van der Waals surface area contributed by atoms with E-state index in [2.05, 4.69) is 0 Å². The van der Waals surface area contributed by atoms with Gasteiger partial charge in [-0.3, -0.25) is 4.39 Å². The van der Waals surface area contributed by atoms with Gasteiger partial charge in [-0.15, -0.1) is 0 Å². The van der Waals surface area contributed by atoms with Gasteiger partial charge in [0.15, 0.2) is 0 Å². The summed E-state index contributed by atoms with van der Waals surface area (Å²) in [7, 11) is 37.1. The zero-order chi connectivity index (χ0) is 22.9. The number of nitrogen functional groups attached to an aromatic ring is 1. The van der Waals surface area contributed by atoms with Crippen molar-refractivity contribution in [1.82, 2.24) is 4.90 Å². The molecule has 0 aromatic heterocycles. The van der Waals surface area contributed by atoms with Crippen LogP contribution in [0.5, 0.6) is 5.75 Å². The molecular formula is C18H16B6ClFN2OS. The quantitative estimate of drug-likeness (QED) is 0.516. The van der Waals surface area contributed by atoms with Crippen molar-refractivity contribution in [2.75, 3.05) is 19.8 Å². The predicted octanol–water partition coefficient (Wildman–Crippen LogP) is 1.92. The topological polar surface area (TPSA) is 38.5 Å². The molecule has 0 saturated carbocycles. The SMILES string of the molecule is [B]C([B])(F)C([B])([B])C([B])([B])Oc1ccc(Sc2ccc(Cl)cc2N)c(CN(C)C)c1. The molecule has 0 aliphatic carbocycles. The molecular weight excluding hydrogens is 412 g/mol. The molecule has 0 unspecified atom stereocenters. The Hall–Kier alpha value is -1.04. The lowest BCUT2D eigenvalue weighted by Gasteiger charge is -2.51. The van der Waals surface area contributed by atoms with Crippen molar-refractivity contribution >= 4 is 76.1 Å². The summed E-state index contributed by atoms with van der Waals surface area (Å²) in [6.45, 7) is 0.548. The van der Waals surface area contributed by atoms with Gasteiger partial charge in [0.1, 0.15) is 37.1 Å². The molecule has 12 heteroatoms. The van der Waals surface area contributed by atoms with Gasteiger partial charge >= 0.3 is 0 Å². The molecule has 30 heavy (non-hydrogen) atoms. The number of alkyl halides is 1. The number of nitrogens with zero attached hydrogens (tertiary/aromatic N) is 1. The molecule has 0 amide bonds. The van der Waals surface area contributed by atoms with E-state index in [1.54, 1.807) is 30.3 Å². The summed E-state index contributed by atoms with van der Waals surface area (Å²) >= 11 is 7.42. The molecule has 0 fully saturated rings. The van der Waals surface area contributed by atoms with Gasteiger partial charge in [-0.1, -0.05) is 28.6 Å². The lowest BCUT2D eigenvalue weighted by Crippen LogP contribution is -2.60. The van der Waals surface area contributed by atoms with Crippen LogP contribution in [-0.4, -0.2) is 76.9 Å². The second-order valence-corrected chi connectivity index (χ2v) is 8.84. The standard InChI is InChI=1S/C18H16B6ClFN2OS/c1-28(2)9-10-7-12(29-18(23,24)16(19,20)17(21,22)26)4-6-14(10)30-15-5-3-11(25)8-13(15)27/h3-8H,9,27H2,1-2H3. The third-order valence-corrected chi connectivity index (χ3v) is 5.72. The molecule has 142 valence electrons. The van der Waals surface area contributed by atoms with Crippen LogP contribution in [0.2, 0.25) is 10.2 Å². The maximum atomic E-state index is 14.0. The number of benzene rings is 2. The van der Waals surface area contributed by atoms with Crippen LogP contribution in [-0.2, 0) is 6.54 Å². The number of ether oxygens (including phenoxy) is 1. The highest BCUT2D eigenvalue weighted by molar-refractivity contribution is 7.99. The number of anilines is 1. The maximum absolute atomic E-state index is 14.0. The number of hydrogen-bond acceptors (Lipinski definition) is 4. The fourth-order valence-corrected chi connectivity index (χ4v) is 3.61. The third-order valence-electron chi connectivity index (χ3n) is 4.28. The van der Waals surface area contributed by atoms with Crippen molar-refractivity contribution in [1.29, 1.82) is 0 Å². The largest absolute Gasteiger partial charge is 0.508 e. The molecule has 0 bridgehead atoms. The van der Waals surface area contributed by atoms with Crippen LogP contribution < -0.4 is 10.5 Å². The predicted molar refractivity (Wildman–Crippen MR) is 128 cm³/mol. The van der Waals surface area contributed by atoms with Crippen LogP contribution in [0.25, 0.3) is 0 Å². The minimum absolute atomic E-state index is 0.204. The second-order valence-electron chi connectivity index (χ2n) is 7.32. The first kappa shape index (κ1) is 25.2. The van der Waals surface area contributed by atoms with Gasteiger partial charge in [0.2, 0.25) is 0 Å². The fraction of sp³-hybridized carbons (Fsp3) is 0.333. The van der Waals surface area contributed by atoms with Gasteiger partial charge in [-0.2, -0.15) is 0 Å². The Bertz CT molecular complexity index is 911. The van der Waals surface area contributed by atoms with Gasteiger partial charge < -0.3 is 15.4 Å². The fourth-order valence-electron chi connectivity index (χ4n) is 2.49. The van der Waals surface area contributed by atoms with E-state index in [1.165, 1.54) is 11.8 Å². The van der Waals surface area contributed by atoms with E-state index in [0.717, 1.165) is 15.4 Å². The van der Waals surface area contributed by atoms with E-state index in [4.69, 9.17) is 69.1 Å². The molecule has 12 radical (unpaired) electrons. The molecule has 0 aliphatic heterocycles. The van der Waals surface area contributed by atoms with Crippen LogP contribution in [0.1, 0.15) is 5.56 Å². The van der Waals surface area contributed by atoms with Crippen LogP contribution in [0.3, 0.4) is 0 Å². The smallest absolute Gasteiger partial charge is 0.118 e. The normalized spacial score (nSPS) is 12.8. The lowest BCUT2D eigenvalue weighted by molar-refractivity contribution is 0.171. The highest BCUT2D eigenvalue weighted by atomic mass is 35.5. The lowest BCUT2D eigenvalue weighted by atomic mass is 9.25. The molecule has 2 aromatic carbocycles. The number of hydrogen-bond donors (Lipinski definition) is 1. The van der Waals surface area contributed by atoms with Crippen LogP contribution in [0, 0.1) is 0 Å². The number of rotatable bonds is 8. The molecule has 0 aliphatic rings. The average molecular weight is 428 g/mol. The van der Waals surface area contributed by atoms with Crippen LogP contribution >= 0.6 is 23.4 Å². The third kappa shape index (κ3) is 5.80. The summed E-state index contributed by atoms with van der Waals surface area (Å²) in [5, 5.41) is -4.45. The Balaban J connectivity index is 2.38. The van der Waals surface area contributed by atoms with E-state index in [-0.39, 0.29) is 5.75 Å². The summed E-state index contributed by atoms with van der Waals surface area (Å²) in [6, 6.07) is 10.3. The summed E-state index contributed by atoms with van der Waals surface area (Å²) in [4.78, 5) is 3.68. The first-order valence-electron chi connectivity index (χ1n) is 8.76. The molecule has 0 atom stereocenters. The van der Waals surface area contributed by atoms with Crippen molar-refractivity contribution in [2.45, 2.75) is 32.4 Å². The van der Waals surface area contributed by atoms with Crippen molar-refractivity contribution in [3.63, 3.8) is 0 Å². The minimum Gasteiger partial charge on any atom is -0.508 e. The number of nitrogens with two attached hydrogens (primary N) is 1. The van der Waals surface area contributed by atoms with E-state index >= 15 is 0 Å². The highest BCUT2D eigenvalue weighted by Crippen LogP contribution is 2.42. The number of halogens is 2. The first-order valence-corrected chi connectivity index (χ1v) is 9.95. The highest BCUT2D eigenvalue weighted by Gasteiger charge is 2.47. The molecule has 2 rings (SSSR count). The summed E-state index contributed by atoms with van der Waals surface area (Å²) < 4.78 is 19.5. The Labute approximate surface area is 194 Å². The van der Waals surface area contributed by atoms with Gasteiger partial charge in [-0.05, 0) is 56.1 Å². The average Bonchev–Trinajstić information content (AvgIpc) is 2.57. The zero-order valence-corrected chi connectivity index (χ0v) is 18.3. The van der Waals surface area contributed by atoms with Crippen LogP contribution in [0.4, 0.5) is 10.1 Å². The molecule has 0 heterocycles. The molecule has 0 spiro atoms. The molecule has 3 nitrogen and oxygen atoms in total. The second kappa shape index (κ2) is 9.22. The van der Waals surface area contributed by atoms with E-state index in [1.807, 2.05) is 25.1 Å². The Kier molecular flexibility index (Phi) is 7.75. The summed E-state index contributed by atoms with van der Waals surface area (Å²) in [6.07, 6.45) is 0. The monoisotopic (exact) mass is 428 g/mol. The van der Waals surface area contributed by atoms with Gasteiger partial charge in [0, 0.05) is 37.9 Å². The minimum atomic E-state index is -3.09. The van der Waals surface area contributed by atoms with E-state index < -0.39 is 16.1 Å². The van der Waals surface area contributed by atoms with Gasteiger partial charge in [-0.25, -0.2) is 0 Å². The summed E-state index contributed by atoms with van der Waals surface area (Å²) in [5.74, 6) is 0.204. The van der Waals surface area contributed by atoms with Gasteiger partial charge in [0.25, 0.3) is 0 Å². The van der Waals surface area contributed by atoms with E-state index in [9.17, 15) is 4.39 Å². The van der Waals surface area contributed by atoms with Crippen molar-refractivity contribution in [3.05, 3.63) is 47.0 Å². The van der Waals surface area contributed by atoms with Crippen molar-refractivity contribution < 1.29 is 9.13 Å². The maximum Gasteiger partial charge on any atom is 0.118 e. The van der Waals surface area contributed by atoms with Gasteiger partial charge in [0.05, 0.1) is 15.7 Å². The Morgan fingerprint density at radius 3 is 2.17 bits per heavy atom. The Morgan fingerprint density at radius 2 is 1.63 bits per heavy atom. The zero-order valence-electron chi connectivity index (χ0n) is 16.7. The Morgan fingerprint density at radius 1 is 1.03 bits per heavy atom. The van der Waals surface area contributed by atoms with Crippen molar-refractivity contribution in [2.24, 2.45) is 0 Å². The molecule has 0 saturated heterocycles. The molecule has 2 N–H and O–H groups in total.